The molecular formula is C15H27N3O3. The largest absolute Gasteiger partial charge is 0.379 e. The van der Waals surface area contributed by atoms with Gasteiger partial charge in [-0.3, -0.25) is 14.5 Å². The van der Waals surface area contributed by atoms with Crippen LogP contribution in [0.25, 0.3) is 0 Å². The number of amides is 2. The predicted octanol–water partition coefficient (Wildman–Crippen LogP) is 0.274. The highest BCUT2D eigenvalue weighted by molar-refractivity contribution is 5.96. The average Bonchev–Trinajstić information content (AvgIpc) is 2.49. The summed E-state index contributed by atoms with van der Waals surface area (Å²) in [4.78, 5) is 25.8. The zero-order chi connectivity index (χ0) is 14.9. The molecule has 2 amide bonds. The van der Waals surface area contributed by atoms with Gasteiger partial charge >= 0.3 is 0 Å². The molecule has 2 N–H and O–H groups in total. The number of nitrogens with one attached hydrogen (secondary N) is 2. The third-order valence-corrected chi connectivity index (χ3v) is 4.15. The zero-order valence-electron chi connectivity index (χ0n) is 12.7. The van der Waals surface area contributed by atoms with E-state index in [9.17, 15) is 9.59 Å². The smallest absolute Gasteiger partial charge is 0.229 e. The topological polar surface area (TPSA) is 70.7 Å². The van der Waals surface area contributed by atoms with Gasteiger partial charge in [-0.15, -0.1) is 0 Å². The van der Waals surface area contributed by atoms with Crippen molar-refractivity contribution in [3.05, 3.63) is 0 Å². The number of carbonyl (C=O) groups is 2. The number of rotatable bonds is 6. The molecule has 0 bridgehead atoms. The fraction of sp³-hybridized carbons (Fsp3) is 0.867. The van der Waals surface area contributed by atoms with Crippen molar-refractivity contribution in [1.82, 2.24) is 15.5 Å². The van der Waals surface area contributed by atoms with Crippen molar-refractivity contribution in [2.24, 2.45) is 0 Å². The molecule has 6 nitrogen and oxygen atoms in total. The van der Waals surface area contributed by atoms with Gasteiger partial charge < -0.3 is 15.4 Å². The van der Waals surface area contributed by atoms with E-state index in [2.05, 4.69) is 15.5 Å². The summed E-state index contributed by atoms with van der Waals surface area (Å²) < 4.78 is 5.27. The van der Waals surface area contributed by atoms with Gasteiger partial charge in [0.1, 0.15) is 6.42 Å². The van der Waals surface area contributed by atoms with E-state index in [1.54, 1.807) is 0 Å². The van der Waals surface area contributed by atoms with Crippen LogP contribution in [0, 0.1) is 0 Å². The lowest BCUT2D eigenvalue weighted by Gasteiger charge is -2.26. The Kier molecular flexibility index (Phi) is 6.95. The molecule has 1 aliphatic heterocycles. The van der Waals surface area contributed by atoms with Gasteiger partial charge in [-0.05, 0) is 12.8 Å². The zero-order valence-corrected chi connectivity index (χ0v) is 12.7. The molecule has 0 aromatic rings. The third-order valence-electron chi connectivity index (χ3n) is 4.15. The maximum atomic E-state index is 11.8. The number of hydrogen-bond donors (Lipinski definition) is 2. The number of nitrogens with zero attached hydrogens (tertiary/aromatic N) is 1. The second-order valence-electron chi connectivity index (χ2n) is 5.88. The SMILES string of the molecule is O=C(CC(=O)NC1CCCCC1)NCCN1CCOCC1. The molecule has 0 atom stereocenters. The van der Waals surface area contributed by atoms with Crippen LogP contribution in [0.15, 0.2) is 0 Å². The Labute approximate surface area is 126 Å². The summed E-state index contributed by atoms with van der Waals surface area (Å²) in [7, 11) is 0. The molecule has 1 heterocycles. The quantitative estimate of drug-likeness (QED) is 0.691. The number of hydrogen-bond acceptors (Lipinski definition) is 4. The van der Waals surface area contributed by atoms with Crippen LogP contribution in [0.1, 0.15) is 38.5 Å². The Morgan fingerprint density at radius 1 is 1.05 bits per heavy atom. The molecule has 120 valence electrons. The maximum absolute atomic E-state index is 11.8. The van der Waals surface area contributed by atoms with Crippen LogP contribution in [0.5, 0.6) is 0 Å². The van der Waals surface area contributed by atoms with Crippen LogP contribution in [0.3, 0.4) is 0 Å². The Morgan fingerprint density at radius 2 is 1.76 bits per heavy atom. The highest BCUT2D eigenvalue weighted by atomic mass is 16.5. The minimum atomic E-state index is -0.184. The summed E-state index contributed by atoms with van der Waals surface area (Å²) in [6.45, 7) is 4.76. The van der Waals surface area contributed by atoms with Crippen LogP contribution in [0.2, 0.25) is 0 Å². The van der Waals surface area contributed by atoms with Gasteiger partial charge in [0, 0.05) is 32.2 Å². The molecule has 2 fully saturated rings. The van der Waals surface area contributed by atoms with Crippen LogP contribution >= 0.6 is 0 Å². The molecule has 2 aliphatic rings. The van der Waals surface area contributed by atoms with Crippen LogP contribution in [-0.4, -0.2) is 62.1 Å². The van der Waals surface area contributed by atoms with E-state index in [1.165, 1.54) is 19.3 Å². The van der Waals surface area contributed by atoms with E-state index in [0.717, 1.165) is 45.7 Å². The summed E-state index contributed by atoms with van der Waals surface area (Å²) in [5, 5.41) is 5.78. The van der Waals surface area contributed by atoms with E-state index in [-0.39, 0.29) is 24.3 Å². The summed E-state index contributed by atoms with van der Waals surface area (Å²) in [5.41, 5.74) is 0. The highest BCUT2D eigenvalue weighted by Crippen LogP contribution is 2.17. The first-order valence-corrected chi connectivity index (χ1v) is 8.10. The lowest BCUT2D eigenvalue weighted by molar-refractivity contribution is -0.129. The summed E-state index contributed by atoms with van der Waals surface area (Å²) >= 11 is 0. The fourth-order valence-corrected chi connectivity index (χ4v) is 2.91. The first-order valence-electron chi connectivity index (χ1n) is 8.10. The molecular weight excluding hydrogens is 270 g/mol. The van der Waals surface area contributed by atoms with E-state index in [1.807, 2.05) is 0 Å². The monoisotopic (exact) mass is 297 g/mol. The van der Waals surface area contributed by atoms with Gasteiger partial charge in [0.2, 0.25) is 11.8 Å². The van der Waals surface area contributed by atoms with Crippen molar-refractivity contribution in [3.63, 3.8) is 0 Å². The molecule has 1 aliphatic carbocycles. The Morgan fingerprint density at radius 3 is 2.48 bits per heavy atom. The first-order chi connectivity index (χ1) is 10.2. The van der Waals surface area contributed by atoms with E-state index >= 15 is 0 Å². The predicted molar refractivity (Wildman–Crippen MR) is 79.9 cm³/mol. The van der Waals surface area contributed by atoms with Crippen molar-refractivity contribution in [2.45, 2.75) is 44.6 Å². The average molecular weight is 297 g/mol. The standard InChI is InChI=1S/C15H27N3O3/c19-14(16-6-7-18-8-10-21-11-9-18)12-15(20)17-13-4-2-1-3-5-13/h13H,1-12H2,(H,16,19)(H,17,20). The lowest BCUT2D eigenvalue weighted by Crippen LogP contribution is -2.43. The van der Waals surface area contributed by atoms with Gasteiger partial charge in [-0.2, -0.15) is 0 Å². The third kappa shape index (κ3) is 6.44. The molecule has 21 heavy (non-hydrogen) atoms. The van der Waals surface area contributed by atoms with Gasteiger partial charge in [0.05, 0.1) is 13.2 Å². The molecule has 0 aromatic carbocycles. The van der Waals surface area contributed by atoms with Gasteiger partial charge in [0.25, 0.3) is 0 Å². The van der Waals surface area contributed by atoms with E-state index in [0.29, 0.717) is 6.54 Å². The van der Waals surface area contributed by atoms with Crippen molar-refractivity contribution in [3.8, 4) is 0 Å². The second kappa shape index (κ2) is 9.00. The number of carbonyl (C=O) groups excluding carboxylic acids is 2. The maximum Gasteiger partial charge on any atom is 0.229 e. The summed E-state index contributed by atoms with van der Waals surface area (Å²) in [5.74, 6) is -0.331. The minimum absolute atomic E-state index is 0.0559. The van der Waals surface area contributed by atoms with Crippen molar-refractivity contribution < 1.29 is 14.3 Å². The molecule has 0 unspecified atom stereocenters. The fourth-order valence-electron chi connectivity index (χ4n) is 2.91. The van der Waals surface area contributed by atoms with Crippen LogP contribution in [0.4, 0.5) is 0 Å². The van der Waals surface area contributed by atoms with Gasteiger partial charge in [0.15, 0.2) is 0 Å². The van der Waals surface area contributed by atoms with Crippen molar-refractivity contribution in [2.75, 3.05) is 39.4 Å². The van der Waals surface area contributed by atoms with E-state index < -0.39 is 0 Å². The summed E-state index contributed by atoms with van der Waals surface area (Å²) in [6.07, 6.45) is 5.65. The number of morpholine rings is 1. The summed E-state index contributed by atoms with van der Waals surface area (Å²) in [6, 6.07) is 0.271. The molecule has 0 radical (unpaired) electrons. The molecule has 6 heteroatoms. The van der Waals surface area contributed by atoms with Crippen molar-refractivity contribution >= 4 is 11.8 Å². The lowest BCUT2D eigenvalue weighted by atomic mass is 9.95. The van der Waals surface area contributed by atoms with Crippen LogP contribution < -0.4 is 10.6 Å². The normalized spacial score (nSPS) is 21.0. The minimum Gasteiger partial charge on any atom is -0.379 e. The first kappa shape index (κ1) is 16.2. The second-order valence-corrected chi connectivity index (χ2v) is 5.88. The van der Waals surface area contributed by atoms with E-state index in [4.69, 9.17) is 4.74 Å². The Hall–Kier alpha value is -1.14. The molecule has 2 rings (SSSR count). The molecule has 1 saturated carbocycles. The van der Waals surface area contributed by atoms with Crippen LogP contribution in [-0.2, 0) is 14.3 Å². The molecule has 0 spiro atoms. The highest BCUT2D eigenvalue weighted by Gasteiger charge is 2.17. The van der Waals surface area contributed by atoms with Gasteiger partial charge in [-0.1, -0.05) is 19.3 Å². The Bertz CT molecular complexity index is 337. The molecule has 1 saturated heterocycles. The number of ether oxygens (including phenoxy) is 1. The Balaban J connectivity index is 1.54. The molecule has 0 aromatic heterocycles. The van der Waals surface area contributed by atoms with Gasteiger partial charge in [-0.25, -0.2) is 0 Å². The van der Waals surface area contributed by atoms with Crippen molar-refractivity contribution in [1.29, 1.82) is 0 Å².